The first kappa shape index (κ1) is 13.7. The molecular formula is C13H12ClFN2O2. The Balaban J connectivity index is 2.07. The van der Waals surface area contributed by atoms with Gasteiger partial charge in [-0.15, -0.1) is 0 Å². The van der Waals surface area contributed by atoms with E-state index in [9.17, 15) is 9.18 Å². The summed E-state index contributed by atoms with van der Waals surface area (Å²) in [5.74, 6) is 0.340. The summed E-state index contributed by atoms with van der Waals surface area (Å²) in [7, 11) is 0. The molecule has 4 nitrogen and oxygen atoms in total. The molecule has 0 aliphatic carbocycles. The summed E-state index contributed by atoms with van der Waals surface area (Å²) >= 11 is 5.69. The molecule has 100 valence electrons. The van der Waals surface area contributed by atoms with Gasteiger partial charge in [0.25, 0.3) is 0 Å². The van der Waals surface area contributed by atoms with Gasteiger partial charge in [-0.25, -0.2) is 4.39 Å². The van der Waals surface area contributed by atoms with Crippen LogP contribution in [0.5, 0.6) is 0 Å². The molecular weight excluding hydrogens is 271 g/mol. The maximum absolute atomic E-state index is 13.7. The van der Waals surface area contributed by atoms with E-state index in [1.54, 1.807) is 12.1 Å². The van der Waals surface area contributed by atoms with Crippen LogP contribution >= 0.6 is 11.6 Å². The fraction of sp³-hybridized carbons (Fsp3) is 0.308. The molecule has 0 unspecified atom stereocenters. The Labute approximate surface area is 114 Å². The smallest absolute Gasteiger partial charge is 0.227 e. The summed E-state index contributed by atoms with van der Waals surface area (Å²) < 4.78 is 18.7. The number of ketones is 1. The van der Waals surface area contributed by atoms with Crippen LogP contribution in [0.3, 0.4) is 0 Å². The molecule has 0 saturated heterocycles. The van der Waals surface area contributed by atoms with Gasteiger partial charge in [0, 0.05) is 19.3 Å². The maximum Gasteiger partial charge on any atom is 0.227 e. The van der Waals surface area contributed by atoms with Crippen LogP contribution in [-0.2, 0) is 17.6 Å². The molecule has 0 saturated carbocycles. The molecule has 0 fully saturated rings. The van der Waals surface area contributed by atoms with Gasteiger partial charge in [-0.3, -0.25) is 0 Å². The summed E-state index contributed by atoms with van der Waals surface area (Å²) in [6.07, 6.45) is 0.962. The van der Waals surface area contributed by atoms with Crippen LogP contribution in [0.1, 0.15) is 30.6 Å². The summed E-state index contributed by atoms with van der Waals surface area (Å²) in [4.78, 5) is 15.0. The second-order valence-corrected chi connectivity index (χ2v) is 4.60. The first-order valence-electron chi connectivity index (χ1n) is 5.80. The lowest BCUT2D eigenvalue weighted by atomic mass is 10.1. The Kier molecular flexibility index (Phi) is 4.27. The number of carbonyl (C=O) groups excluding carboxylic acids is 1. The molecule has 0 amide bonds. The Morgan fingerprint density at radius 3 is 3.00 bits per heavy atom. The minimum atomic E-state index is -0.473. The second-order valence-electron chi connectivity index (χ2n) is 4.20. The number of aryl methyl sites for hydroxylation is 1. The largest absolute Gasteiger partial charge is 0.339 e. The van der Waals surface area contributed by atoms with Gasteiger partial charge >= 0.3 is 0 Å². The standard InChI is InChI=1S/C13H12ClFN2O2/c1-8(18)5-6-12-16-11(17-19-12)7-9-3-2-4-10(14)13(9)15/h2-4H,5-7H2,1H3. The molecule has 6 heteroatoms. The number of benzene rings is 1. The molecule has 0 bridgehead atoms. The van der Waals surface area contributed by atoms with E-state index in [0.717, 1.165) is 0 Å². The minimum Gasteiger partial charge on any atom is -0.339 e. The monoisotopic (exact) mass is 282 g/mol. The van der Waals surface area contributed by atoms with Crippen molar-refractivity contribution >= 4 is 17.4 Å². The summed E-state index contributed by atoms with van der Waals surface area (Å²) in [5.41, 5.74) is 0.409. The molecule has 0 atom stereocenters. The zero-order chi connectivity index (χ0) is 13.8. The summed E-state index contributed by atoms with van der Waals surface area (Å²) in [5, 5.41) is 3.82. The first-order chi connectivity index (χ1) is 9.06. The lowest BCUT2D eigenvalue weighted by Gasteiger charge is -2.00. The third-order valence-corrected chi connectivity index (χ3v) is 2.87. The van der Waals surface area contributed by atoms with Crippen LogP contribution in [-0.4, -0.2) is 15.9 Å². The lowest BCUT2D eigenvalue weighted by Crippen LogP contribution is -1.97. The van der Waals surface area contributed by atoms with E-state index >= 15 is 0 Å². The number of aromatic nitrogens is 2. The molecule has 0 N–H and O–H groups in total. The van der Waals surface area contributed by atoms with Gasteiger partial charge in [0.2, 0.25) is 5.89 Å². The highest BCUT2D eigenvalue weighted by molar-refractivity contribution is 6.30. The molecule has 0 aliphatic heterocycles. The Morgan fingerprint density at radius 2 is 2.26 bits per heavy atom. The zero-order valence-electron chi connectivity index (χ0n) is 10.3. The highest BCUT2D eigenvalue weighted by Crippen LogP contribution is 2.19. The zero-order valence-corrected chi connectivity index (χ0v) is 11.1. The number of hydrogen-bond acceptors (Lipinski definition) is 4. The third-order valence-electron chi connectivity index (χ3n) is 2.58. The third kappa shape index (κ3) is 3.61. The van der Waals surface area contributed by atoms with Crippen molar-refractivity contribution < 1.29 is 13.7 Å². The van der Waals surface area contributed by atoms with E-state index in [4.69, 9.17) is 16.1 Å². The molecule has 0 spiro atoms. The van der Waals surface area contributed by atoms with Crippen molar-refractivity contribution in [3.63, 3.8) is 0 Å². The summed E-state index contributed by atoms with van der Waals surface area (Å²) in [6, 6.07) is 4.76. The van der Waals surface area contributed by atoms with Crippen molar-refractivity contribution in [3.8, 4) is 0 Å². The summed E-state index contributed by atoms with van der Waals surface area (Å²) in [6.45, 7) is 1.50. The van der Waals surface area contributed by atoms with Gasteiger partial charge in [0.1, 0.15) is 11.6 Å². The predicted octanol–water partition coefficient (Wildman–Crippen LogP) is 2.97. The number of hydrogen-bond donors (Lipinski definition) is 0. The molecule has 0 radical (unpaired) electrons. The number of Topliss-reactive ketones (excluding diaryl/α,β-unsaturated/α-hetero) is 1. The SMILES string of the molecule is CC(=O)CCc1nc(Cc2cccc(Cl)c2F)no1. The van der Waals surface area contributed by atoms with E-state index in [0.29, 0.717) is 30.1 Å². The van der Waals surface area contributed by atoms with Crippen LogP contribution in [0.2, 0.25) is 5.02 Å². The van der Waals surface area contributed by atoms with Crippen molar-refractivity contribution in [2.75, 3.05) is 0 Å². The fourth-order valence-electron chi connectivity index (χ4n) is 1.60. The van der Waals surface area contributed by atoms with Crippen molar-refractivity contribution in [3.05, 3.63) is 46.3 Å². The molecule has 19 heavy (non-hydrogen) atoms. The fourth-order valence-corrected chi connectivity index (χ4v) is 1.80. The van der Waals surface area contributed by atoms with E-state index < -0.39 is 5.82 Å². The number of carbonyl (C=O) groups is 1. The molecule has 2 rings (SSSR count). The highest BCUT2D eigenvalue weighted by Gasteiger charge is 2.12. The first-order valence-corrected chi connectivity index (χ1v) is 6.18. The van der Waals surface area contributed by atoms with Crippen molar-refractivity contribution in [2.45, 2.75) is 26.2 Å². The Hall–Kier alpha value is -1.75. The van der Waals surface area contributed by atoms with Gasteiger partial charge in [-0.05, 0) is 18.6 Å². The van der Waals surface area contributed by atoms with E-state index in [-0.39, 0.29) is 17.2 Å². The minimum absolute atomic E-state index is 0.0561. The van der Waals surface area contributed by atoms with Crippen LogP contribution in [0.4, 0.5) is 4.39 Å². The molecule has 1 aromatic heterocycles. The van der Waals surface area contributed by atoms with E-state index in [1.165, 1.54) is 13.0 Å². The van der Waals surface area contributed by atoms with Gasteiger partial charge in [-0.1, -0.05) is 28.9 Å². The van der Waals surface area contributed by atoms with E-state index in [2.05, 4.69) is 10.1 Å². The van der Waals surface area contributed by atoms with Crippen LogP contribution < -0.4 is 0 Å². The van der Waals surface area contributed by atoms with Gasteiger partial charge < -0.3 is 9.32 Å². The number of halogens is 2. The van der Waals surface area contributed by atoms with Gasteiger partial charge in [0.05, 0.1) is 5.02 Å². The van der Waals surface area contributed by atoms with Crippen LogP contribution in [0, 0.1) is 5.82 Å². The van der Waals surface area contributed by atoms with Crippen molar-refractivity contribution in [1.82, 2.24) is 10.1 Å². The topological polar surface area (TPSA) is 56.0 Å². The lowest BCUT2D eigenvalue weighted by molar-refractivity contribution is -0.117. The Morgan fingerprint density at radius 1 is 1.47 bits per heavy atom. The number of rotatable bonds is 5. The van der Waals surface area contributed by atoms with Crippen molar-refractivity contribution in [1.29, 1.82) is 0 Å². The molecule has 0 aliphatic rings. The van der Waals surface area contributed by atoms with Crippen LogP contribution in [0.25, 0.3) is 0 Å². The highest BCUT2D eigenvalue weighted by atomic mass is 35.5. The van der Waals surface area contributed by atoms with Gasteiger partial charge in [-0.2, -0.15) is 4.98 Å². The maximum atomic E-state index is 13.7. The molecule has 2 aromatic rings. The molecule has 1 aromatic carbocycles. The van der Waals surface area contributed by atoms with Gasteiger partial charge in [0.15, 0.2) is 5.82 Å². The predicted molar refractivity (Wildman–Crippen MR) is 67.5 cm³/mol. The normalized spacial score (nSPS) is 10.7. The van der Waals surface area contributed by atoms with Crippen LogP contribution in [0.15, 0.2) is 22.7 Å². The molecule has 1 heterocycles. The van der Waals surface area contributed by atoms with E-state index in [1.807, 2.05) is 0 Å². The second kappa shape index (κ2) is 5.93. The average molecular weight is 283 g/mol. The number of nitrogens with zero attached hydrogens (tertiary/aromatic N) is 2. The average Bonchev–Trinajstić information content (AvgIpc) is 2.80. The Bertz CT molecular complexity index is 598. The van der Waals surface area contributed by atoms with Crippen molar-refractivity contribution in [2.24, 2.45) is 0 Å². The quantitative estimate of drug-likeness (QED) is 0.846.